The minimum atomic E-state index is -0.651. The lowest BCUT2D eigenvalue weighted by Crippen LogP contribution is -2.55. The van der Waals surface area contributed by atoms with Gasteiger partial charge in [0, 0.05) is 32.7 Å². The first kappa shape index (κ1) is 19.4. The van der Waals surface area contributed by atoms with Crippen LogP contribution >= 0.6 is 0 Å². The molecule has 0 radical (unpaired) electrons. The molecule has 3 amide bonds. The lowest BCUT2D eigenvalue weighted by Gasteiger charge is -2.38. The van der Waals surface area contributed by atoms with Gasteiger partial charge in [0.15, 0.2) is 0 Å². The Morgan fingerprint density at radius 1 is 1.07 bits per heavy atom. The first-order chi connectivity index (χ1) is 13.5. The third-order valence-corrected chi connectivity index (χ3v) is 6.96. The van der Waals surface area contributed by atoms with E-state index in [-0.39, 0.29) is 17.9 Å². The molecule has 1 aliphatic carbocycles. The van der Waals surface area contributed by atoms with Gasteiger partial charge in [-0.1, -0.05) is 44.0 Å². The Balaban J connectivity index is 1.33. The van der Waals surface area contributed by atoms with Gasteiger partial charge >= 0.3 is 6.03 Å². The number of hydrogen-bond acceptors (Lipinski definition) is 4. The topological polar surface area (TPSA) is 55.9 Å². The van der Waals surface area contributed by atoms with Crippen molar-refractivity contribution in [2.75, 3.05) is 32.8 Å². The van der Waals surface area contributed by atoms with E-state index in [0.29, 0.717) is 6.67 Å². The highest BCUT2D eigenvalue weighted by Gasteiger charge is 2.55. The van der Waals surface area contributed by atoms with Gasteiger partial charge in [-0.2, -0.15) is 0 Å². The molecule has 2 heterocycles. The van der Waals surface area contributed by atoms with Crippen LogP contribution in [-0.4, -0.2) is 65.0 Å². The van der Waals surface area contributed by atoms with Crippen molar-refractivity contribution in [3.63, 3.8) is 0 Å². The minimum absolute atomic E-state index is 0.00737. The monoisotopic (exact) mass is 384 g/mol. The predicted octanol–water partition coefficient (Wildman–Crippen LogP) is 2.57. The summed E-state index contributed by atoms with van der Waals surface area (Å²) < 4.78 is 0. The highest BCUT2D eigenvalue weighted by molar-refractivity contribution is 6.07. The molecule has 1 aromatic rings. The third kappa shape index (κ3) is 3.55. The van der Waals surface area contributed by atoms with Crippen molar-refractivity contribution in [3.05, 3.63) is 35.4 Å². The van der Waals surface area contributed by atoms with Crippen molar-refractivity contribution in [3.8, 4) is 0 Å². The first-order valence-electron chi connectivity index (χ1n) is 10.6. The van der Waals surface area contributed by atoms with Crippen LogP contribution in [0.2, 0.25) is 0 Å². The van der Waals surface area contributed by atoms with Crippen molar-refractivity contribution in [2.24, 2.45) is 5.92 Å². The zero-order valence-corrected chi connectivity index (χ0v) is 17.1. The van der Waals surface area contributed by atoms with Crippen LogP contribution in [0.15, 0.2) is 24.3 Å². The van der Waals surface area contributed by atoms with Gasteiger partial charge in [-0.25, -0.2) is 9.69 Å². The Morgan fingerprint density at radius 3 is 2.50 bits per heavy atom. The van der Waals surface area contributed by atoms with Gasteiger partial charge in [-0.3, -0.25) is 14.6 Å². The Labute approximate surface area is 167 Å². The average molecular weight is 385 g/mol. The molecule has 4 rings (SSSR count). The quantitative estimate of drug-likeness (QED) is 0.811. The fourth-order valence-electron chi connectivity index (χ4n) is 4.94. The summed E-state index contributed by atoms with van der Waals surface area (Å²) in [7, 11) is 0. The summed E-state index contributed by atoms with van der Waals surface area (Å²) >= 11 is 0. The van der Waals surface area contributed by atoms with Gasteiger partial charge in [0.25, 0.3) is 5.91 Å². The number of carbonyl (C=O) groups is 2. The number of urea groups is 1. The number of nitrogens with one attached hydrogen (secondary N) is 1. The van der Waals surface area contributed by atoms with Crippen molar-refractivity contribution < 1.29 is 9.59 Å². The molecule has 0 bridgehead atoms. The lowest BCUT2D eigenvalue weighted by molar-refractivity contribution is -0.136. The van der Waals surface area contributed by atoms with Gasteiger partial charge in [0.2, 0.25) is 0 Å². The van der Waals surface area contributed by atoms with Gasteiger partial charge in [0.05, 0.1) is 6.67 Å². The molecule has 3 aliphatic rings. The summed E-state index contributed by atoms with van der Waals surface area (Å²) in [5.74, 6) is 0.209. The summed E-state index contributed by atoms with van der Waals surface area (Å²) in [5.41, 5.74) is 2.05. The van der Waals surface area contributed by atoms with E-state index in [4.69, 9.17) is 0 Å². The Bertz CT molecular complexity index is 744. The molecule has 6 heteroatoms. The number of imide groups is 1. The maximum absolute atomic E-state index is 13.1. The van der Waals surface area contributed by atoms with Crippen molar-refractivity contribution in [2.45, 2.75) is 51.6 Å². The van der Waals surface area contributed by atoms with Crippen molar-refractivity contribution in [1.82, 2.24) is 20.0 Å². The van der Waals surface area contributed by atoms with Crippen molar-refractivity contribution >= 4 is 11.9 Å². The summed E-state index contributed by atoms with van der Waals surface area (Å²) in [4.78, 5) is 31.8. The number of hydrogen-bond donors (Lipinski definition) is 1. The first-order valence-corrected chi connectivity index (χ1v) is 10.6. The second-order valence-corrected chi connectivity index (χ2v) is 8.74. The van der Waals surface area contributed by atoms with E-state index in [1.165, 1.54) is 16.0 Å². The molecular formula is C22H32N4O2. The smallest absolute Gasteiger partial charge is 0.323 e. The molecule has 1 saturated carbocycles. The summed E-state index contributed by atoms with van der Waals surface area (Å²) in [6.45, 7) is 9.31. The van der Waals surface area contributed by atoms with Crippen LogP contribution in [0.25, 0.3) is 0 Å². The van der Waals surface area contributed by atoms with Gasteiger partial charge in [-0.05, 0) is 36.8 Å². The van der Waals surface area contributed by atoms with Crippen LogP contribution < -0.4 is 5.32 Å². The van der Waals surface area contributed by atoms with Crippen LogP contribution in [0.3, 0.4) is 0 Å². The molecule has 3 fully saturated rings. The van der Waals surface area contributed by atoms with Crippen LogP contribution in [-0.2, 0) is 11.3 Å². The molecule has 28 heavy (non-hydrogen) atoms. The predicted molar refractivity (Wildman–Crippen MR) is 109 cm³/mol. The standard InChI is InChI=1S/C22H32N4O2/c1-17-7-3-4-9-19(17)15-24-11-13-25(14-12-24)16-26-20(27)22(23-21(26)28)10-6-5-8-18(22)2/h3-4,7,9,18H,5-6,8,10-16H2,1-2H3,(H,23,28)/t18-,22+/m1/s1. The maximum Gasteiger partial charge on any atom is 0.326 e. The van der Waals surface area contributed by atoms with E-state index in [9.17, 15) is 9.59 Å². The number of aryl methyl sites for hydroxylation is 1. The number of benzene rings is 1. The largest absolute Gasteiger partial charge is 0.326 e. The van der Waals surface area contributed by atoms with Crippen LogP contribution in [0.5, 0.6) is 0 Å². The zero-order valence-electron chi connectivity index (χ0n) is 17.1. The van der Waals surface area contributed by atoms with Gasteiger partial charge in [0.1, 0.15) is 5.54 Å². The van der Waals surface area contributed by atoms with E-state index in [0.717, 1.165) is 58.4 Å². The van der Waals surface area contributed by atoms with Gasteiger partial charge in [-0.15, -0.1) is 0 Å². The molecular weight excluding hydrogens is 352 g/mol. The SMILES string of the molecule is Cc1ccccc1CN1CCN(CN2C(=O)N[C@]3(CCCC[C@H]3C)C2=O)CC1. The molecule has 2 aliphatic heterocycles. The summed E-state index contributed by atoms with van der Waals surface area (Å²) in [6.07, 6.45) is 3.95. The molecule has 0 aromatic heterocycles. The normalized spacial score (nSPS) is 29.5. The second-order valence-electron chi connectivity index (χ2n) is 8.74. The average Bonchev–Trinajstić information content (AvgIpc) is 2.92. The fourth-order valence-corrected chi connectivity index (χ4v) is 4.94. The van der Waals surface area contributed by atoms with E-state index in [1.807, 2.05) is 0 Å². The third-order valence-electron chi connectivity index (χ3n) is 6.96. The van der Waals surface area contributed by atoms with E-state index >= 15 is 0 Å². The van der Waals surface area contributed by atoms with Crippen LogP contribution in [0.4, 0.5) is 4.79 Å². The highest BCUT2D eigenvalue weighted by atomic mass is 16.2. The Hall–Kier alpha value is -1.92. The van der Waals surface area contributed by atoms with Crippen LogP contribution in [0.1, 0.15) is 43.7 Å². The molecule has 6 nitrogen and oxygen atoms in total. The zero-order chi connectivity index (χ0) is 19.7. The molecule has 1 spiro atoms. The van der Waals surface area contributed by atoms with E-state index in [2.05, 4.69) is 53.2 Å². The molecule has 1 aromatic carbocycles. The highest BCUT2D eigenvalue weighted by Crippen LogP contribution is 2.38. The number of carbonyl (C=O) groups excluding carboxylic acids is 2. The van der Waals surface area contributed by atoms with Gasteiger partial charge < -0.3 is 5.32 Å². The number of nitrogens with zero attached hydrogens (tertiary/aromatic N) is 3. The molecule has 2 atom stereocenters. The Kier molecular flexibility index (Phi) is 5.43. The maximum atomic E-state index is 13.1. The molecule has 0 unspecified atom stereocenters. The summed E-state index contributed by atoms with van der Waals surface area (Å²) in [6, 6.07) is 8.32. The fraction of sp³-hybridized carbons (Fsp3) is 0.636. The van der Waals surface area contributed by atoms with Crippen molar-refractivity contribution in [1.29, 1.82) is 0 Å². The molecule has 152 valence electrons. The Morgan fingerprint density at radius 2 is 1.79 bits per heavy atom. The number of piperazine rings is 1. The molecule has 1 N–H and O–H groups in total. The van der Waals surface area contributed by atoms with E-state index in [1.54, 1.807) is 0 Å². The minimum Gasteiger partial charge on any atom is -0.323 e. The number of rotatable bonds is 4. The number of amides is 3. The second kappa shape index (κ2) is 7.84. The van der Waals surface area contributed by atoms with Crippen LogP contribution in [0, 0.1) is 12.8 Å². The van der Waals surface area contributed by atoms with E-state index < -0.39 is 5.54 Å². The summed E-state index contributed by atoms with van der Waals surface area (Å²) in [5, 5.41) is 3.06. The lowest BCUT2D eigenvalue weighted by atomic mass is 9.73. The molecule has 2 saturated heterocycles.